The van der Waals surface area contributed by atoms with E-state index < -0.39 is 0 Å². The number of hydrogen-bond donors (Lipinski definition) is 1. The molecule has 7 heteroatoms. The molecule has 0 unspecified atom stereocenters. The Morgan fingerprint density at radius 2 is 2.05 bits per heavy atom. The lowest BCUT2D eigenvalue weighted by Gasteiger charge is -2.09. The van der Waals surface area contributed by atoms with Crippen molar-refractivity contribution in [3.8, 4) is 5.69 Å². The van der Waals surface area contributed by atoms with E-state index in [9.17, 15) is 4.79 Å². The Labute approximate surface area is 114 Å². The molecule has 2 heterocycles. The molecule has 2 aromatic heterocycles. The van der Waals surface area contributed by atoms with Crippen molar-refractivity contribution in [2.45, 2.75) is 0 Å². The minimum atomic E-state index is -0.237. The van der Waals surface area contributed by atoms with Gasteiger partial charge >= 0.3 is 0 Å². The number of carbonyl (C=O) groups excluding carboxylic acids is 1. The van der Waals surface area contributed by atoms with Crippen molar-refractivity contribution in [2.75, 3.05) is 5.32 Å². The fourth-order valence-electron chi connectivity index (χ4n) is 1.74. The zero-order valence-corrected chi connectivity index (χ0v) is 10.3. The van der Waals surface area contributed by atoms with Gasteiger partial charge in [-0.05, 0) is 34.7 Å². The Bertz CT molecular complexity index is 711. The average Bonchev–Trinajstić information content (AvgIpc) is 3.03. The molecule has 0 saturated carbocycles. The molecule has 0 spiro atoms. The van der Waals surface area contributed by atoms with Crippen molar-refractivity contribution in [3.05, 3.63) is 60.7 Å². The van der Waals surface area contributed by atoms with E-state index >= 15 is 0 Å². The molecule has 0 aliphatic carbocycles. The third-order valence-corrected chi connectivity index (χ3v) is 2.67. The third-order valence-electron chi connectivity index (χ3n) is 2.67. The highest BCUT2D eigenvalue weighted by atomic mass is 16.1. The molecule has 20 heavy (non-hydrogen) atoms. The first-order chi connectivity index (χ1) is 9.84. The van der Waals surface area contributed by atoms with Gasteiger partial charge in [-0.2, -0.15) is 4.68 Å². The maximum atomic E-state index is 12.1. The lowest BCUT2D eigenvalue weighted by atomic mass is 10.2. The Balaban J connectivity index is 1.90. The fraction of sp³-hybridized carbons (Fsp3) is 0. The number of nitrogens with zero attached hydrogens (tertiary/aromatic N) is 5. The van der Waals surface area contributed by atoms with Crippen LogP contribution < -0.4 is 5.32 Å². The second-order valence-corrected chi connectivity index (χ2v) is 3.97. The Kier molecular flexibility index (Phi) is 3.15. The maximum Gasteiger partial charge on any atom is 0.257 e. The van der Waals surface area contributed by atoms with Crippen molar-refractivity contribution >= 4 is 11.6 Å². The van der Waals surface area contributed by atoms with E-state index in [2.05, 4.69) is 25.8 Å². The number of benzene rings is 1. The molecule has 0 aliphatic heterocycles. The number of nitrogens with one attached hydrogen (secondary N) is 1. The van der Waals surface area contributed by atoms with Crippen LogP contribution in [0.2, 0.25) is 0 Å². The summed E-state index contributed by atoms with van der Waals surface area (Å²) in [6.45, 7) is 0. The van der Waals surface area contributed by atoms with Gasteiger partial charge in [0, 0.05) is 12.4 Å². The predicted octanol–water partition coefficient (Wildman–Crippen LogP) is 1.31. The molecule has 1 aromatic carbocycles. The first kappa shape index (κ1) is 12.0. The van der Waals surface area contributed by atoms with Crippen LogP contribution in [-0.4, -0.2) is 31.1 Å². The van der Waals surface area contributed by atoms with Crippen molar-refractivity contribution in [2.24, 2.45) is 0 Å². The molecule has 0 radical (unpaired) electrons. The van der Waals surface area contributed by atoms with Gasteiger partial charge in [0.15, 0.2) is 0 Å². The van der Waals surface area contributed by atoms with Crippen molar-refractivity contribution in [1.29, 1.82) is 0 Å². The lowest BCUT2D eigenvalue weighted by Crippen LogP contribution is -2.14. The summed E-state index contributed by atoms with van der Waals surface area (Å²) in [5.41, 5.74) is 1.79. The fourth-order valence-corrected chi connectivity index (χ4v) is 1.74. The second kappa shape index (κ2) is 5.27. The van der Waals surface area contributed by atoms with Gasteiger partial charge in [-0.3, -0.25) is 9.78 Å². The molecule has 1 amide bonds. The normalized spacial score (nSPS) is 10.2. The smallest absolute Gasteiger partial charge is 0.257 e. The van der Waals surface area contributed by atoms with Gasteiger partial charge in [0.05, 0.1) is 16.9 Å². The molecule has 3 aromatic rings. The van der Waals surface area contributed by atoms with Gasteiger partial charge in [-0.1, -0.05) is 12.1 Å². The van der Waals surface area contributed by atoms with E-state index in [0.717, 1.165) is 0 Å². The molecular weight excluding hydrogens is 256 g/mol. The molecule has 7 nitrogen and oxygen atoms in total. The number of tetrazole rings is 1. The van der Waals surface area contributed by atoms with Crippen LogP contribution in [0, 0.1) is 0 Å². The molecule has 1 N–H and O–H groups in total. The molecule has 3 rings (SSSR count). The molecule has 0 fully saturated rings. The van der Waals surface area contributed by atoms with Crippen LogP contribution in [0.4, 0.5) is 5.69 Å². The highest BCUT2D eigenvalue weighted by Gasteiger charge is 2.10. The summed E-state index contributed by atoms with van der Waals surface area (Å²) >= 11 is 0. The summed E-state index contributed by atoms with van der Waals surface area (Å²) in [4.78, 5) is 16.0. The quantitative estimate of drug-likeness (QED) is 0.772. The summed E-state index contributed by atoms with van der Waals surface area (Å²) in [7, 11) is 0. The standard InChI is InChI=1S/C13H10N6O/c20-13(10-4-3-7-14-8-10)16-11-5-1-2-6-12(11)19-9-15-17-18-19/h1-9H,(H,16,20). The minimum Gasteiger partial charge on any atom is -0.320 e. The Morgan fingerprint density at radius 3 is 2.80 bits per heavy atom. The van der Waals surface area contributed by atoms with Crippen LogP contribution in [0.15, 0.2) is 55.1 Å². The van der Waals surface area contributed by atoms with Gasteiger partial charge < -0.3 is 5.32 Å². The lowest BCUT2D eigenvalue weighted by molar-refractivity contribution is 0.102. The van der Waals surface area contributed by atoms with E-state index in [4.69, 9.17) is 0 Å². The highest BCUT2D eigenvalue weighted by Crippen LogP contribution is 2.19. The van der Waals surface area contributed by atoms with Crippen molar-refractivity contribution in [1.82, 2.24) is 25.2 Å². The molecule has 0 saturated heterocycles. The molecule has 0 atom stereocenters. The van der Waals surface area contributed by atoms with Crippen molar-refractivity contribution < 1.29 is 4.79 Å². The van der Waals surface area contributed by atoms with E-state index in [0.29, 0.717) is 16.9 Å². The molecule has 0 bridgehead atoms. The summed E-state index contributed by atoms with van der Waals surface area (Å²) in [5, 5.41) is 13.8. The monoisotopic (exact) mass is 266 g/mol. The largest absolute Gasteiger partial charge is 0.320 e. The Morgan fingerprint density at radius 1 is 1.15 bits per heavy atom. The SMILES string of the molecule is O=C(Nc1ccccc1-n1cnnn1)c1cccnc1. The number of rotatable bonds is 3. The summed E-state index contributed by atoms with van der Waals surface area (Å²) < 4.78 is 1.48. The van der Waals surface area contributed by atoms with Gasteiger partial charge in [0.1, 0.15) is 6.33 Å². The Hall–Kier alpha value is -3.09. The summed E-state index contributed by atoms with van der Waals surface area (Å²) in [5.74, 6) is -0.237. The van der Waals surface area contributed by atoms with E-state index in [-0.39, 0.29) is 5.91 Å². The van der Waals surface area contributed by atoms with Gasteiger partial charge in [-0.25, -0.2) is 0 Å². The van der Waals surface area contributed by atoms with E-state index in [1.54, 1.807) is 24.4 Å². The van der Waals surface area contributed by atoms with E-state index in [1.165, 1.54) is 17.2 Å². The molecular formula is C13H10N6O. The van der Waals surface area contributed by atoms with Gasteiger partial charge in [0.2, 0.25) is 0 Å². The van der Waals surface area contributed by atoms with Crippen LogP contribution in [0.3, 0.4) is 0 Å². The molecule has 98 valence electrons. The van der Waals surface area contributed by atoms with Crippen LogP contribution in [0.25, 0.3) is 5.69 Å². The zero-order valence-electron chi connectivity index (χ0n) is 10.3. The van der Waals surface area contributed by atoms with E-state index in [1.807, 2.05) is 18.2 Å². The summed E-state index contributed by atoms with van der Waals surface area (Å²) in [6.07, 6.45) is 4.59. The van der Waals surface area contributed by atoms with Crippen LogP contribution in [0.5, 0.6) is 0 Å². The predicted molar refractivity (Wildman–Crippen MR) is 71.3 cm³/mol. The second-order valence-electron chi connectivity index (χ2n) is 3.97. The zero-order chi connectivity index (χ0) is 13.8. The van der Waals surface area contributed by atoms with Crippen LogP contribution in [0.1, 0.15) is 10.4 Å². The third kappa shape index (κ3) is 2.37. The number of pyridine rings is 1. The number of amides is 1. The number of hydrogen-bond acceptors (Lipinski definition) is 5. The number of para-hydroxylation sites is 2. The molecule has 0 aliphatic rings. The van der Waals surface area contributed by atoms with Gasteiger partial charge in [0.25, 0.3) is 5.91 Å². The van der Waals surface area contributed by atoms with Gasteiger partial charge in [-0.15, -0.1) is 5.10 Å². The van der Waals surface area contributed by atoms with Crippen LogP contribution in [-0.2, 0) is 0 Å². The van der Waals surface area contributed by atoms with Crippen LogP contribution >= 0.6 is 0 Å². The number of anilines is 1. The number of carbonyl (C=O) groups is 1. The highest BCUT2D eigenvalue weighted by molar-refractivity contribution is 6.05. The average molecular weight is 266 g/mol. The topological polar surface area (TPSA) is 85.6 Å². The maximum absolute atomic E-state index is 12.1. The first-order valence-electron chi connectivity index (χ1n) is 5.88. The minimum absolute atomic E-state index is 0.237. The first-order valence-corrected chi connectivity index (χ1v) is 5.88. The van der Waals surface area contributed by atoms with Crippen molar-refractivity contribution in [3.63, 3.8) is 0 Å². The summed E-state index contributed by atoms with van der Waals surface area (Å²) in [6, 6.07) is 10.7. The number of aromatic nitrogens is 5.